The lowest BCUT2D eigenvalue weighted by atomic mass is 9.85. The first kappa shape index (κ1) is 48.4. The Kier molecular flexibility index (Phi) is 16.1. The number of carbonyl (C=O) groups excluding carboxylic acids is 4. The number of aryl methyl sites for hydroxylation is 1. The van der Waals surface area contributed by atoms with Gasteiger partial charge in [0, 0.05) is 72.9 Å². The summed E-state index contributed by atoms with van der Waals surface area (Å²) in [4.78, 5) is 75.6. The van der Waals surface area contributed by atoms with E-state index in [0.717, 1.165) is 49.2 Å². The Morgan fingerprint density at radius 3 is 2.33 bits per heavy atom. The number of carbonyl (C=O) groups is 4. The quantitative estimate of drug-likeness (QED) is 0.0378. The van der Waals surface area contributed by atoms with Crippen molar-refractivity contribution in [2.24, 2.45) is 0 Å². The van der Waals surface area contributed by atoms with Crippen LogP contribution in [0.15, 0.2) is 53.3 Å². The van der Waals surface area contributed by atoms with E-state index in [1.165, 1.54) is 27.2 Å². The van der Waals surface area contributed by atoms with Gasteiger partial charge in [-0.15, -0.1) is 0 Å². The minimum Gasteiger partial charge on any atom is -0.457 e. The van der Waals surface area contributed by atoms with Crippen LogP contribution in [0, 0.1) is 0 Å². The van der Waals surface area contributed by atoms with Crippen molar-refractivity contribution in [2.45, 2.75) is 92.2 Å². The first-order valence-corrected chi connectivity index (χ1v) is 24.4. The number of piperazine rings is 1. The van der Waals surface area contributed by atoms with E-state index in [2.05, 4.69) is 22.2 Å². The summed E-state index contributed by atoms with van der Waals surface area (Å²) in [5.74, 6) is 0.448. The molecule has 17 heteroatoms. The Bertz CT molecular complexity index is 2410. The molecule has 3 aliphatic rings. The number of pyridine rings is 2. The van der Waals surface area contributed by atoms with Crippen LogP contribution in [0.2, 0.25) is 0 Å². The zero-order valence-corrected chi connectivity index (χ0v) is 39.6. The number of hydrogen-bond acceptors (Lipinski definition) is 15. The summed E-state index contributed by atoms with van der Waals surface area (Å²) in [7, 11) is 5.14. The molecule has 3 aliphatic heterocycles. The average Bonchev–Trinajstić information content (AvgIpc) is 3.64. The molecule has 0 aliphatic carbocycles. The van der Waals surface area contributed by atoms with Crippen LogP contribution >= 0.6 is 21.6 Å². The zero-order valence-electron chi connectivity index (χ0n) is 38.0. The number of hydrogen-bond donors (Lipinski definition) is 1. The van der Waals surface area contributed by atoms with Crippen LogP contribution in [-0.2, 0) is 55.5 Å². The molecule has 0 radical (unpaired) electrons. The van der Waals surface area contributed by atoms with Gasteiger partial charge in [-0.25, -0.2) is 19.4 Å². The highest BCUT2D eigenvalue weighted by Crippen LogP contribution is 2.42. The predicted octanol–water partition coefficient (Wildman–Crippen LogP) is 7.70. The molecule has 0 spiro atoms. The number of nitrogens with one attached hydrogen (secondary N) is 1. The van der Waals surface area contributed by atoms with E-state index < -0.39 is 29.5 Å². The fourth-order valence-corrected chi connectivity index (χ4v) is 9.65. The van der Waals surface area contributed by atoms with Crippen molar-refractivity contribution >= 4 is 56.7 Å². The Morgan fingerprint density at radius 1 is 0.922 bits per heavy atom. The number of rotatable bonds is 14. The maximum absolute atomic E-state index is 14.1. The second kappa shape index (κ2) is 21.3. The standard InChI is InChI=1S/C45H53N5O10S2.C2H6/c1-7-31-32-23-30(58-43(55)59-44(3,4)5)13-14-36(32)47-38-33(31)26-50-37(38)24-35-34(40(50)52)27-57-41(53)45(35,8-2)60-42(54)56-20-22-62-61-21-15-46-39(51)29-11-9-28(10-12-29)25-49-18-16-48(6)17-19-49;1-2/h9-14,23-24H,7-8,15-22,25-27H2,1-6H3,(H,46,51);1-2H3/t45-;/m0./s1. The van der Waals surface area contributed by atoms with Gasteiger partial charge in [-0.1, -0.05) is 61.4 Å². The second-order valence-corrected chi connectivity index (χ2v) is 19.2. The highest BCUT2D eigenvalue weighted by Gasteiger charge is 2.51. The summed E-state index contributed by atoms with van der Waals surface area (Å²) in [6.07, 6.45) is -1.30. The summed E-state index contributed by atoms with van der Waals surface area (Å²) >= 11 is 0. The number of aromatic nitrogens is 2. The number of amides is 1. The third-order valence-electron chi connectivity index (χ3n) is 11.1. The van der Waals surface area contributed by atoms with Gasteiger partial charge in [0.2, 0.25) is 5.60 Å². The van der Waals surface area contributed by atoms with Gasteiger partial charge in [-0.2, -0.15) is 0 Å². The first-order valence-electron chi connectivity index (χ1n) is 21.9. The van der Waals surface area contributed by atoms with Crippen LogP contribution in [0.25, 0.3) is 22.3 Å². The average molecular weight is 918 g/mol. The van der Waals surface area contributed by atoms with E-state index in [-0.39, 0.29) is 48.8 Å². The lowest BCUT2D eigenvalue weighted by molar-refractivity contribution is -0.175. The Labute approximate surface area is 382 Å². The number of nitrogens with zero attached hydrogens (tertiary/aromatic N) is 4. The van der Waals surface area contributed by atoms with Crippen LogP contribution in [0.4, 0.5) is 9.59 Å². The highest BCUT2D eigenvalue weighted by atomic mass is 33.1. The second-order valence-electron chi connectivity index (χ2n) is 16.5. The molecule has 0 bridgehead atoms. The van der Waals surface area contributed by atoms with E-state index in [4.69, 9.17) is 28.7 Å². The Morgan fingerprint density at radius 2 is 1.64 bits per heavy atom. The molecular weight excluding hydrogens is 859 g/mol. The third kappa shape index (κ3) is 11.0. The summed E-state index contributed by atoms with van der Waals surface area (Å²) in [5.41, 5.74) is 2.67. The van der Waals surface area contributed by atoms with Crippen LogP contribution in [0.3, 0.4) is 0 Å². The highest BCUT2D eigenvalue weighted by molar-refractivity contribution is 8.76. The summed E-state index contributed by atoms with van der Waals surface area (Å²) in [6.45, 7) is 18.4. The van der Waals surface area contributed by atoms with Gasteiger partial charge >= 0.3 is 18.3 Å². The maximum Gasteiger partial charge on any atom is 0.514 e. The van der Waals surface area contributed by atoms with Crippen molar-refractivity contribution in [1.29, 1.82) is 0 Å². The predicted molar refractivity (Wildman–Crippen MR) is 249 cm³/mol. The van der Waals surface area contributed by atoms with Gasteiger partial charge < -0.3 is 38.5 Å². The number of ether oxygens (including phenoxy) is 5. The van der Waals surface area contributed by atoms with Crippen LogP contribution in [0.5, 0.6) is 5.75 Å². The fourth-order valence-electron chi connectivity index (χ4n) is 7.92. The lowest BCUT2D eigenvalue weighted by Gasteiger charge is -2.35. The third-order valence-corrected chi connectivity index (χ3v) is 13.5. The molecule has 1 N–H and O–H groups in total. The topological polar surface area (TPSA) is 168 Å². The monoisotopic (exact) mass is 917 g/mol. The molecule has 0 unspecified atom stereocenters. The van der Waals surface area contributed by atoms with E-state index in [0.29, 0.717) is 52.7 Å². The smallest absolute Gasteiger partial charge is 0.457 e. The van der Waals surface area contributed by atoms with Gasteiger partial charge in [-0.3, -0.25) is 14.5 Å². The molecule has 5 heterocycles. The van der Waals surface area contributed by atoms with Crippen molar-refractivity contribution in [3.8, 4) is 17.1 Å². The molecule has 1 atom stereocenters. The van der Waals surface area contributed by atoms with Crippen molar-refractivity contribution < 1.29 is 42.9 Å². The molecule has 1 fully saturated rings. The summed E-state index contributed by atoms with van der Waals surface area (Å²) in [6, 6.07) is 14.6. The fraction of sp³-hybridized carbons (Fsp3) is 0.489. The number of cyclic esters (lactones) is 1. The molecule has 2 aromatic carbocycles. The van der Waals surface area contributed by atoms with Gasteiger partial charge in [0.25, 0.3) is 11.5 Å². The molecule has 0 saturated carbocycles. The molecule has 2 aromatic heterocycles. The normalized spacial score (nSPS) is 17.0. The Balaban J connectivity index is 0.00000335. The maximum atomic E-state index is 14.1. The van der Waals surface area contributed by atoms with Crippen LogP contribution in [-0.4, -0.2) is 107 Å². The number of esters is 1. The summed E-state index contributed by atoms with van der Waals surface area (Å²) < 4.78 is 29.1. The van der Waals surface area contributed by atoms with Gasteiger partial charge in [0.05, 0.1) is 29.0 Å². The van der Waals surface area contributed by atoms with Crippen LogP contribution < -0.4 is 15.6 Å². The van der Waals surface area contributed by atoms with Crippen molar-refractivity contribution in [3.05, 3.63) is 92.3 Å². The molecule has 4 aromatic rings. The largest absolute Gasteiger partial charge is 0.514 e. The van der Waals surface area contributed by atoms with E-state index in [9.17, 15) is 24.0 Å². The SMILES string of the molecule is CC.CCc1c2c(nc3ccc(OC(=O)OC(C)(C)C)cc13)-c1cc3c(c(=O)n1C2)COC(=O)[C@@]3(CC)OC(=O)OCCSSCCNC(=O)c1ccc(CN2CCN(C)CC2)cc1. The molecule has 1 saturated heterocycles. The minimum absolute atomic E-state index is 0.00652. The van der Waals surface area contributed by atoms with Gasteiger partial charge in [0.15, 0.2) is 0 Å². The molecule has 15 nitrogen and oxygen atoms in total. The van der Waals surface area contributed by atoms with Crippen LogP contribution in [0.1, 0.15) is 93.1 Å². The van der Waals surface area contributed by atoms with Crippen molar-refractivity contribution in [2.75, 3.05) is 57.9 Å². The van der Waals surface area contributed by atoms with E-state index in [1.807, 2.05) is 45.0 Å². The van der Waals surface area contributed by atoms with Gasteiger partial charge in [0.1, 0.15) is 24.6 Å². The van der Waals surface area contributed by atoms with Crippen molar-refractivity contribution in [3.63, 3.8) is 0 Å². The molecular formula is C47H59N5O10S2. The van der Waals surface area contributed by atoms with E-state index >= 15 is 0 Å². The number of likely N-dealkylation sites (N-methyl/N-ethyl adjacent to an activating group) is 1. The zero-order chi connectivity index (χ0) is 46.2. The number of fused-ring (bicyclic) bond motifs is 5. The number of benzene rings is 2. The Hall–Kier alpha value is -5.10. The van der Waals surface area contributed by atoms with Crippen molar-refractivity contribution in [1.82, 2.24) is 24.7 Å². The minimum atomic E-state index is -1.91. The molecule has 1 amide bonds. The van der Waals surface area contributed by atoms with E-state index in [1.54, 1.807) is 56.5 Å². The molecule has 344 valence electrons. The molecule has 7 rings (SSSR count). The van der Waals surface area contributed by atoms with Gasteiger partial charge in [-0.05, 0) is 88.2 Å². The molecule has 64 heavy (non-hydrogen) atoms. The lowest BCUT2D eigenvalue weighted by Crippen LogP contribution is -2.47. The first-order chi connectivity index (χ1) is 30.7. The summed E-state index contributed by atoms with van der Waals surface area (Å²) in [5, 5.41) is 3.72.